The molecule has 0 aromatic rings. The van der Waals surface area contributed by atoms with Gasteiger partial charge in [-0.05, 0) is 0 Å². The standard InChI is InChI=1S/C8H15NO6/c1-4(12)9-5(2-10)7(14)8(15)6(13)3-11/h2,5-8,11,13-15H,3H2,1H3,(H,9,12)/t5-,6+,7-,8-/m0/s1. The fourth-order valence-electron chi connectivity index (χ4n) is 0.983. The van der Waals surface area contributed by atoms with Crippen LogP contribution in [0.5, 0.6) is 0 Å². The van der Waals surface area contributed by atoms with Crippen LogP contribution >= 0.6 is 0 Å². The average Bonchev–Trinajstić information content (AvgIpc) is 2.22. The Morgan fingerprint density at radius 1 is 1.33 bits per heavy atom. The van der Waals surface area contributed by atoms with Gasteiger partial charge >= 0.3 is 0 Å². The first-order valence-electron chi connectivity index (χ1n) is 4.31. The summed E-state index contributed by atoms with van der Waals surface area (Å²) >= 11 is 0. The lowest BCUT2D eigenvalue weighted by Gasteiger charge is -2.25. The van der Waals surface area contributed by atoms with Crippen molar-refractivity contribution < 1.29 is 30.0 Å². The highest BCUT2D eigenvalue weighted by Crippen LogP contribution is 2.03. The molecule has 1 amide bonds. The second-order valence-corrected chi connectivity index (χ2v) is 3.09. The molecule has 0 aliphatic carbocycles. The summed E-state index contributed by atoms with van der Waals surface area (Å²) in [7, 11) is 0. The summed E-state index contributed by atoms with van der Waals surface area (Å²) in [5.41, 5.74) is 0. The maximum Gasteiger partial charge on any atom is 0.217 e. The van der Waals surface area contributed by atoms with Crippen molar-refractivity contribution in [2.75, 3.05) is 6.61 Å². The lowest BCUT2D eigenvalue weighted by molar-refractivity contribution is -0.129. The first-order valence-corrected chi connectivity index (χ1v) is 4.31. The summed E-state index contributed by atoms with van der Waals surface area (Å²) in [5.74, 6) is -0.558. The zero-order valence-electron chi connectivity index (χ0n) is 8.20. The van der Waals surface area contributed by atoms with E-state index in [0.717, 1.165) is 6.92 Å². The number of carbonyl (C=O) groups excluding carboxylic acids is 2. The molecule has 0 aliphatic rings. The molecule has 7 heteroatoms. The van der Waals surface area contributed by atoms with E-state index in [1.54, 1.807) is 0 Å². The van der Waals surface area contributed by atoms with Crippen molar-refractivity contribution in [2.24, 2.45) is 0 Å². The highest BCUT2D eigenvalue weighted by molar-refractivity contribution is 5.77. The topological polar surface area (TPSA) is 127 Å². The predicted molar refractivity (Wildman–Crippen MR) is 48.8 cm³/mol. The van der Waals surface area contributed by atoms with Crippen molar-refractivity contribution in [1.29, 1.82) is 0 Å². The maximum atomic E-state index is 10.6. The van der Waals surface area contributed by atoms with Gasteiger partial charge in [-0.25, -0.2) is 0 Å². The molecule has 0 heterocycles. The lowest BCUT2D eigenvalue weighted by Crippen LogP contribution is -2.53. The number of carbonyl (C=O) groups is 2. The Morgan fingerprint density at radius 3 is 2.20 bits per heavy atom. The van der Waals surface area contributed by atoms with Gasteiger partial charge in [-0.1, -0.05) is 0 Å². The maximum absolute atomic E-state index is 10.6. The molecule has 0 fully saturated rings. The molecular weight excluding hydrogens is 206 g/mol. The number of hydrogen-bond donors (Lipinski definition) is 5. The molecule has 0 bridgehead atoms. The predicted octanol–water partition coefficient (Wildman–Crippen LogP) is -3.23. The third-order valence-electron chi connectivity index (χ3n) is 1.82. The first-order chi connectivity index (χ1) is 6.93. The molecule has 0 aromatic carbocycles. The number of hydrogen-bond acceptors (Lipinski definition) is 6. The minimum Gasteiger partial charge on any atom is -0.394 e. The number of aliphatic hydroxyl groups is 4. The number of rotatable bonds is 6. The van der Waals surface area contributed by atoms with E-state index in [2.05, 4.69) is 5.32 Å². The fourth-order valence-corrected chi connectivity index (χ4v) is 0.983. The summed E-state index contributed by atoms with van der Waals surface area (Å²) in [6, 6.07) is -1.32. The summed E-state index contributed by atoms with van der Waals surface area (Å²) < 4.78 is 0. The molecule has 0 aliphatic heterocycles. The van der Waals surface area contributed by atoms with Gasteiger partial charge in [0.1, 0.15) is 30.6 Å². The van der Waals surface area contributed by atoms with Crippen LogP contribution in [0.4, 0.5) is 0 Å². The van der Waals surface area contributed by atoms with Crippen LogP contribution in [-0.4, -0.2) is 63.6 Å². The van der Waals surface area contributed by atoms with E-state index >= 15 is 0 Å². The molecule has 0 spiro atoms. The van der Waals surface area contributed by atoms with E-state index < -0.39 is 36.9 Å². The molecular formula is C8H15NO6. The van der Waals surface area contributed by atoms with Crippen LogP contribution in [0.25, 0.3) is 0 Å². The van der Waals surface area contributed by atoms with E-state index in [0.29, 0.717) is 0 Å². The minimum atomic E-state index is -1.71. The summed E-state index contributed by atoms with van der Waals surface area (Å²) in [4.78, 5) is 21.1. The largest absolute Gasteiger partial charge is 0.394 e. The van der Waals surface area contributed by atoms with Gasteiger partial charge in [-0.2, -0.15) is 0 Å². The second-order valence-electron chi connectivity index (χ2n) is 3.09. The van der Waals surface area contributed by atoms with Gasteiger partial charge in [0.05, 0.1) is 6.61 Å². The van der Waals surface area contributed by atoms with Crippen LogP contribution in [0, 0.1) is 0 Å². The zero-order chi connectivity index (χ0) is 12.0. The van der Waals surface area contributed by atoms with E-state index in [-0.39, 0.29) is 6.29 Å². The SMILES string of the molecule is CC(=O)N[C@@H](C=O)[C@H](O)[C@@H](O)[C@H](O)CO. The number of aliphatic hydroxyl groups excluding tert-OH is 4. The van der Waals surface area contributed by atoms with Crippen molar-refractivity contribution in [2.45, 2.75) is 31.3 Å². The van der Waals surface area contributed by atoms with Gasteiger partial charge in [-0.15, -0.1) is 0 Å². The van der Waals surface area contributed by atoms with Crippen LogP contribution in [0.3, 0.4) is 0 Å². The Balaban J connectivity index is 4.42. The van der Waals surface area contributed by atoms with E-state index in [1.807, 2.05) is 0 Å². The molecule has 0 rings (SSSR count). The average molecular weight is 221 g/mol. The van der Waals surface area contributed by atoms with Crippen LogP contribution in [-0.2, 0) is 9.59 Å². The van der Waals surface area contributed by atoms with E-state index in [1.165, 1.54) is 0 Å². The Labute approximate surface area is 86.3 Å². The van der Waals surface area contributed by atoms with Crippen molar-refractivity contribution in [3.8, 4) is 0 Å². The van der Waals surface area contributed by atoms with E-state index in [9.17, 15) is 19.8 Å². The van der Waals surface area contributed by atoms with Crippen LogP contribution in [0.1, 0.15) is 6.92 Å². The first kappa shape index (κ1) is 14.0. The van der Waals surface area contributed by atoms with Crippen molar-refractivity contribution in [3.05, 3.63) is 0 Å². The third-order valence-corrected chi connectivity index (χ3v) is 1.82. The monoisotopic (exact) mass is 221 g/mol. The van der Waals surface area contributed by atoms with E-state index in [4.69, 9.17) is 10.2 Å². The minimum absolute atomic E-state index is 0.235. The van der Waals surface area contributed by atoms with Gasteiger partial charge in [0.2, 0.25) is 5.91 Å². The molecule has 5 N–H and O–H groups in total. The third kappa shape index (κ3) is 4.34. The quantitative estimate of drug-likeness (QED) is 0.300. The summed E-state index contributed by atoms with van der Waals surface area (Å²) in [5, 5.41) is 38.2. The second kappa shape index (κ2) is 6.46. The Hall–Kier alpha value is -1.02. The number of amides is 1. The number of nitrogens with one attached hydrogen (secondary N) is 1. The fraction of sp³-hybridized carbons (Fsp3) is 0.750. The molecule has 0 radical (unpaired) electrons. The smallest absolute Gasteiger partial charge is 0.217 e. The van der Waals surface area contributed by atoms with Gasteiger partial charge in [0.25, 0.3) is 0 Å². The molecule has 0 unspecified atom stereocenters. The van der Waals surface area contributed by atoms with Crippen molar-refractivity contribution >= 4 is 12.2 Å². The van der Waals surface area contributed by atoms with Crippen LogP contribution in [0.15, 0.2) is 0 Å². The highest BCUT2D eigenvalue weighted by Gasteiger charge is 2.31. The molecule has 7 nitrogen and oxygen atoms in total. The highest BCUT2D eigenvalue weighted by atomic mass is 16.4. The normalized spacial score (nSPS) is 18.7. The Bertz CT molecular complexity index is 221. The Kier molecular flexibility index (Phi) is 6.02. The molecule has 0 saturated carbocycles. The van der Waals surface area contributed by atoms with Gasteiger partial charge in [0, 0.05) is 6.92 Å². The molecule has 15 heavy (non-hydrogen) atoms. The van der Waals surface area contributed by atoms with Crippen molar-refractivity contribution in [3.63, 3.8) is 0 Å². The van der Waals surface area contributed by atoms with Gasteiger partial charge < -0.3 is 30.5 Å². The Morgan fingerprint density at radius 2 is 1.87 bits per heavy atom. The zero-order valence-corrected chi connectivity index (χ0v) is 8.20. The molecule has 88 valence electrons. The van der Waals surface area contributed by atoms with Gasteiger partial charge in [-0.3, -0.25) is 4.79 Å². The molecule has 4 atom stereocenters. The summed E-state index contributed by atoms with van der Waals surface area (Å²) in [6.45, 7) is 0.377. The number of aldehydes is 1. The van der Waals surface area contributed by atoms with Crippen LogP contribution < -0.4 is 5.32 Å². The van der Waals surface area contributed by atoms with Crippen molar-refractivity contribution in [1.82, 2.24) is 5.32 Å². The molecule has 0 aromatic heterocycles. The summed E-state index contributed by atoms with van der Waals surface area (Å²) in [6.07, 6.45) is -4.72. The molecule has 0 saturated heterocycles. The van der Waals surface area contributed by atoms with Gasteiger partial charge in [0.15, 0.2) is 0 Å². The van der Waals surface area contributed by atoms with Crippen LogP contribution in [0.2, 0.25) is 0 Å². The lowest BCUT2D eigenvalue weighted by atomic mass is 10.0.